The van der Waals surface area contributed by atoms with Crippen LogP contribution in [0.2, 0.25) is 0 Å². The highest BCUT2D eigenvalue weighted by atomic mass is 32.1. The number of fused-ring (bicyclic) bond motifs is 3. The second-order valence-electron chi connectivity index (χ2n) is 13.3. The van der Waals surface area contributed by atoms with Gasteiger partial charge in [0.15, 0.2) is 0 Å². The first-order valence-electron chi connectivity index (χ1n) is 16.2. The van der Waals surface area contributed by atoms with Crippen LogP contribution in [-0.4, -0.2) is 25.4 Å². The normalized spacial score (nSPS) is 16.8. The maximum atomic E-state index is 6.14. The molecule has 2 aliphatic rings. The Morgan fingerprint density at radius 3 is 1.54 bits per heavy atom. The van der Waals surface area contributed by atoms with Gasteiger partial charge in [0.2, 0.25) is 0 Å². The van der Waals surface area contributed by atoms with Crippen LogP contribution in [0.1, 0.15) is 27.7 Å². The highest BCUT2D eigenvalue weighted by Crippen LogP contribution is 2.41. The van der Waals surface area contributed by atoms with Crippen molar-refractivity contribution in [2.45, 2.75) is 38.9 Å². The van der Waals surface area contributed by atoms with E-state index in [4.69, 9.17) is 18.6 Å². The molecule has 1 aromatic heterocycles. The van der Waals surface area contributed by atoms with E-state index < -0.39 is 25.4 Å². The van der Waals surface area contributed by atoms with E-state index >= 15 is 0 Å². The van der Waals surface area contributed by atoms with Crippen LogP contribution in [0.4, 0.5) is 17.1 Å². The zero-order valence-corrected chi connectivity index (χ0v) is 28.3. The molecular weight excluding hydrogens is 612 g/mol. The number of thiophene rings is 1. The van der Waals surface area contributed by atoms with Crippen molar-refractivity contribution >= 4 is 73.7 Å². The van der Waals surface area contributed by atoms with Crippen LogP contribution in [0.3, 0.4) is 0 Å². The molecule has 0 unspecified atom stereocenters. The van der Waals surface area contributed by atoms with E-state index in [2.05, 4.69) is 133 Å². The molecule has 2 saturated heterocycles. The van der Waals surface area contributed by atoms with Gasteiger partial charge in [-0.2, -0.15) is 0 Å². The highest BCUT2D eigenvalue weighted by molar-refractivity contribution is 7.26. The Kier molecular flexibility index (Phi) is 7.29. The average molecular weight is 647 g/mol. The summed E-state index contributed by atoms with van der Waals surface area (Å²) in [4.78, 5) is 2.25. The molecule has 5 nitrogen and oxygen atoms in total. The zero-order valence-electron chi connectivity index (χ0n) is 27.5. The van der Waals surface area contributed by atoms with Crippen LogP contribution < -0.4 is 15.8 Å². The predicted octanol–water partition coefficient (Wildman–Crippen LogP) is 9.26. The van der Waals surface area contributed by atoms with Crippen LogP contribution in [0.5, 0.6) is 0 Å². The predicted molar refractivity (Wildman–Crippen MR) is 201 cm³/mol. The van der Waals surface area contributed by atoms with Crippen molar-refractivity contribution < 1.29 is 18.6 Å². The summed E-state index contributed by atoms with van der Waals surface area (Å²) < 4.78 is 26.8. The molecule has 2 fully saturated rings. The lowest BCUT2D eigenvalue weighted by Gasteiger charge is -2.26. The van der Waals surface area contributed by atoms with E-state index in [1.165, 1.54) is 31.3 Å². The molecule has 8 heteroatoms. The maximum Gasteiger partial charge on any atom is 0.563 e. The lowest BCUT2D eigenvalue weighted by Crippen LogP contribution is -2.34. The molecule has 6 aromatic rings. The van der Waals surface area contributed by atoms with Crippen molar-refractivity contribution in [2.24, 2.45) is 0 Å². The number of hydrogen-bond acceptors (Lipinski definition) is 6. The Labute approximate surface area is 286 Å². The Balaban J connectivity index is 1.15. The Hall–Kier alpha value is -4.75. The summed E-state index contributed by atoms with van der Waals surface area (Å²) >= 11 is 1.85. The van der Waals surface area contributed by atoms with E-state index in [0.29, 0.717) is 11.5 Å². The minimum absolute atomic E-state index is 0.490. The van der Waals surface area contributed by atoms with Gasteiger partial charge in [-0.3, -0.25) is 0 Å². The first kappa shape index (κ1) is 30.6. The molecule has 0 atom stereocenters. The van der Waals surface area contributed by atoms with Crippen molar-refractivity contribution in [3.63, 3.8) is 0 Å². The molecule has 3 heterocycles. The largest absolute Gasteiger partial charge is 0.563 e. The van der Waals surface area contributed by atoms with Gasteiger partial charge in [-0.15, -0.1) is 11.3 Å². The fraction of sp³-hybridized carbons (Fsp3) is 0.150. The highest BCUT2D eigenvalue weighted by Gasteiger charge is 2.43. The van der Waals surface area contributed by atoms with Crippen LogP contribution in [0.25, 0.3) is 31.3 Å². The molecule has 0 amide bonds. The molecule has 0 spiro atoms. The average Bonchev–Trinajstić information content (AvgIpc) is 3.70. The van der Waals surface area contributed by atoms with Gasteiger partial charge in [0, 0.05) is 37.2 Å². The van der Waals surface area contributed by atoms with Crippen molar-refractivity contribution in [1.29, 1.82) is 0 Å². The van der Waals surface area contributed by atoms with Crippen LogP contribution in [-0.2, 0) is 18.6 Å². The molecule has 0 aliphatic carbocycles. The molecule has 0 N–H and O–H groups in total. The standard InChI is InChI=1S/C40H35B2NO4S/c1-26-39(3,4)46-41(44-26)29-16-22-32(23-17-29)43(33-24-18-30(19-25-33)42-45-27(2)40(5,6)47-42)31-20-14-28(15-21-31)34-11-9-12-36-35-10-7-8-13-37(35)48-38(34)36/h7-25H,1-2H2,3-6H3. The third-order valence-corrected chi connectivity index (χ3v) is 10.6. The molecule has 48 heavy (non-hydrogen) atoms. The lowest BCUT2D eigenvalue weighted by molar-refractivity contribution is 0.172. The van der Waals surface area contributed by atoms with Gasteiger partial charge in [-0.05, 0) is 92.2 Å². The quantitative estimate of drug-likeness (QED) is 0.169. The zero-order chi connectivity index (χ0) is 33.2. The van der Waals surface area contributed by atoms with Gasteiger partial charge < -0.3 is 23.5 Å². The van der Waals surface area contributed by atoms with Gasteiger partial charge in [0.05, 0.1) is 11.5 Å². The molecule has 0 saturated carbocycles. The molecular formula is C40H35B2NO4S. The Morgan fingerprint density at radius 1 is 0.562 bits per heavy atom. The summed E-state index contributed by atoms with van der Waals surface area (Å²) in [7, 11) is -0.980. The monoisotopic (exact) mass is 647 g/mol. The lowest BCUT2D eigenvalue weighted by atomic mass is 9.79. The van der Waals surface area contributed by atoms with E-state index in [1.54, 1.807) is 0 Å². The molecule has 236 valence electrons. The Bertz CT molecular complexity index is 2110. The topological polar surface area (TPSA) is 40.2 Å². The number of nitrogens with zero attached hydrogens (tertiary/aromatic N) is 1. The molecule has 0 bridgehead atoms. The van der Waals surface area contributed by atoms with Crippen LogP contribution >= 0.6 is 11.3 Å². The van der Waals surface area contributed by atoms with Crippen molar-refractivity contribution in [3.8, 4) is 11.1 Å². The SMILES string of the molecule is C=C1OB(c2ccc(N(c3ccc(B4OC(=C)C(C)(C)O4)cc3)c3ccc(-c4cccc5c4sc4ccccc45)cc3)cc2)OC1(C)C. The minimum Gasteiger partial charge on any atom is -0.534 e. The summed E-state index contributed by atoms with van der Waals surface area (Å²) in [5.74, 6) is 1.26. The van der Waals surface area contributed by atoms with Gasteiger partial charge in [0.1, 0.15) is 11.2 Å². The van der Waals surface area contributed by atoms with Crippen molar-refractivity contribution in [2.75, 3.05) is 4.90 Å². The number of benzene rings is 5. The Morgan fingerprint density at radius 2 is 1.04 bits per heavy atom. The second-order valence-corrected chi connectivity index (χ2v) is 14.4. The number of hydrogen-bond donors (Lipinski definition) is 0. The molecule has 8 rings (SSSR count). The van der Waals surface area contributed by atoms with Crippen LogP contribution in [0, 0.1) is 0 Å². The summed E-state index contributed by atoms with van der Waals surface area (Å²) in [6.45, 7) is 16.0. The fourth-order valence-corrected chi connectivity index (χ4v) is 7.54. The van der Waals surface area contributed by atoms with Crippen molar-refractivity contribution in [3.05, 3.63) is 140 Å². The van der Waals surface area contributed by atoms with Gasteiger partial charge in [0.25, 0.3) is 0 Å². The summed E-state index contributed by atoms with van der Waals surface area (Å²) in [6, 6.07) is 40.7. The number of anilines is 3. The maximum absolute atomic E-state index is 6.14. The van der Waals surface area contributed by atoms with Gasteiger partial charge in [-0.25, -0.2) is 0 Å². The summed E-state index contributed by atoms with van der Waals surface area (Å²) in [5, 5.41) is 2.60. The molecule has 5 aromatic carbocycles. The van der Waals surface area contributed by atoms with E-state index in [-0.39, 0.29) is 0 Å². The first-order valence-corrected chi connectivity index (χ1v) is 17.0. The van der Waals surface area contributed by atoms with Crippen LogP contribution in [0.15, 0.2) is 140 Å². The smallest absolute Gasteiger partial charge is 0.534 e. The fourth-order valence-electron chi connectivity index (χ4n) is 6.30. The minimum atomic E-state index is -0.534. The second kappa shape index (κ2) is 11.4. The number of rotatable bonds is 6. The van der Waals surface area contributed by atoms with E-state index in [0.717, 1.165) is 28.0 Å². The molecule has 2 aliphatic heterocycles. The summed E-state index contributed by atoms with van der Waals surface area (Å²) in [6.07, 6.45) is 0. The third kappa shape index (κ3) is 5.30. The molecule has 0 radical (unpaired) electrons. The summed E-state index contributed by atoms with van der Waals surface area (Å²) in [5.41, 5.74) is 6.27. The van der Waals surface area contributed by atoms with Crippen molar-refractivity contribution in [1.82, 2.24) is 0 Å². The van der Waals surface area contributed by atoms with Gasteiger partial charge in [-0.1, -0.05) is 86.0 Å². The third-order valence-electron chi connectivity index (χ3n) is 9.33. The van der Waals surface area contributed by atoms with E-state index in [9.17, 15) is 0 Å². The first-order chi connectivity index (χ1) is 23.1. The van der Waals surface area contributed by atoms with Gasteiger partial charge >= 0.3 is 14.2 Å². The van der Waals surface area contributed by atoms with E-state index in [1.807, 2.05) is 39.0 Å².